The van der Waals surface area contributed by atoms with Crippen LogP contribution in [0, 0.1) is 5.82 Å². The Morgan fingerprint density at radius 3 is 2.69 bits per heavy atom. The first-order valence-electron chi connectivity index (χ1n) is 8.31. The quantitative estimate of drug-likeness (QED) is 0.824. The van der Waals surface area contributed by atoms with Crippen molar-refractivity contribution in [1.29, 1.82) is 0 Å². The molecule has 26 heavy (non-hydrogen) atoms. The van der Waals surface area contributed by atoms with Gasteiger partial charge in [0.2, 0.25) is 5.91 Å². The van der Waals surface area contributed by atoms with Gasteiger partial charge in [0.15, 0.2) is 0 Å². The summed E-state index contributed by atoms with van der Waals surface area (Å²) in [5, 5.41) is 3.74. The standard InChI is InChI=1S/C19H19Cl2FN2O2/c1-12(19(25)23-17-7-4-14(20)10-16(17)21)24-8-9-26-18(11-24)13-2-5-15(22)6-3-13/h2-7,10,12,18H,8-9,11H2,1H3,(H,23,25). The number of hydrogen-bond donors (Lipinski definition) is 1. The number of halogens is 3. The molecule has 138 valence electrons. The van der Waals surface area contributed by atoms with Crippen LogP contribution in [0.1, 0.15) is 18.6 Å². The van der Waals surface area contributed by atoms with Crippen LogP contribution in [0.4, 0.5) is 10.1 Å². The summed E-state index contributed by atoms with van der Waals surface area (Å²) in [6.07, 6.45) is -0.196. The fourth-order valence-corrected chi connectivity index (χ4v) is 3.35. The minimum Gasteiger partial charge on any atom is -0.371 e. The minimum atomic E-state index is -0.367. The monoisotopic (exact) mass is 396 g/mol. The highest BCUT2D eigenvalue weighted by molar-refractivity contribution is 6.36. The first-order chi connectivity index (χ1) is 12.4. The number of benzene rings is 2. The highest BCUT2D eigenvalue weighted by Crippen LogP contribution is 2.27. The maximum absolute atomic E-state index is 13.1. The molecule has 1 heterocycles. The maximum atomic E-state index is 13.1. The summed E-state index contributed by atoms with van der Waals surface area (Å²) in [6.45, 7) is 3.53. The van der Waals surface area contributed by atoms with Crippen LogP contribution in [0.2, 0.25) is 10.0 Å². The maximum Gasteiger partial charge on any atom is 0.241 e. The van der Waals surface area contributed by atoms with E-state index >= 15 is 0 Å². The Morgan fingerprint density at radius 2 is 2.00 bits per heavy atom. The number of carbonyl (C=O) groups is 1. The zero-order chi connectivity index (χ0) is 18.7. The Hall–Kier alpha value is -1.66. The second kappa shape index (κ2) is 8.35. The molecule has 2 unspecified atom stereocenters. The lowest BCUT2D eigenvalue weighted by atomic mass is 10.1. The smallest absolute Gasteiger partial charge is 0.241 e. The number of ether oxygens (including phenoxy) is 1. The molecule has 2 atom stereocenters. The van der Waals surface area contributed by atoms with Crippen molar-refractivity contribution in [2.75, 3.05) is 25.0 Å². The third-order valence-corrected chi connectivity index (χ3v) is 5.00. The van der Waals surface area contributed by atoms with Gasteiger partial charge >= 0.3 is 0 Å². The molecule has 7 heteroatoms. The number of nitrogens with zero attached hydrogens (tertiary/aromatic N) is 1. The average molecular weight is 397 g/mol. The second-order valence-electron chi connectivity index (χ2n) is 6.20. The van der Waals surface area contributed by atoms with Crippen molar-refractivity contribution in [2.45, 2.75) is 19.1 Å². The Bertz CT molecular complexity index is 786. The predicted molar refractivity (Wildman–Crippen MR) is 101 cm³/mol. The molecule has 3 rings (SSSR count). The average Bonchev–Trinajstić information content (AvgIpc) is 2.64. The fraction of sp³-hybridized carbons (Fsp3) is 0.316. The molecule has 1 aliphatic heterocycles. The van der Waals surface area contributed by atoms with Crippen molar-refractivity contribution in [1.82, 2.24) is 4.90 Å². The van der Waals surface area contributed by atoms with Crippen LogP contribution in [0.15, 0.2) is 42.5 Å². The molecule has 1 aliphatic rings. The van der Waals surface area contributed by atoms with Gasteiger partial charge in [-0.2, -0.15) is 0 Å². The van der Waals surface area contributed by atoms with Crippen LogP contribution in [-0.2, 0) is 9.53 Å². The molecule has 2 aromatic rings. The summed E-state index contributed by atoms with van der Waals surface area (Å²) in [6, 6.07) is 10.8. The molecule has 0 radical (unpaired) electrons. The number of hydrogen-bond acceptors (Lipinski definition) is 3. The SMILES string of the molecule is CC(C(=O)Nc1ccc(Cl)cc1Cl)N1CCOC(c2ccc(F)cc2)C1. The number of morpholine rings is 1. The van der Waals surface area contributed by atoms with Crippen molar-refractivity contribution >= 4 is 34.8 Å². The topological polar surface area (TPSA) is 41.6 Å². The molecule has 0 aliphatic carbocycles. The van der Waals surface area contributed by atoms with E-state index in [0.29, 0.717) is 35.4 Å². The normalized spacial score (nSPS) is 19.2. The molecule has 1 saturated heterocycles. The van der Waals surface area contributed by atoms with Crippen molar-refractivity contribution in [3.63, 3.8) is 0 Å². The Kier molecular flexibility index (Phi) is 6.14. The van der Waals surface area contributed by atoms with Crippen LogP contribution in [0.3, 0.4) is 0 Å². The van der Waals surface area contributed by atoms with Gasteiger partial charge in [-0.1, -0.05) is 35.3 Å². The Labute approximate surface area is 161 Å². The molecule has 4 nitrogen and oxygen atoms in total. The van der Waals surface area contributed by atoms with E-state index in [9.17, 15) is 9.18 Å². The van der Waals surface area contributed by atoms with Crippen LogP contribution in [0.5, 0.6) is 0 Å². The number of anilines is 1. The summed E-state index contributed by atoms with van der Waals surface area (Å²) in [5.41, 5.74) is 1.42. The second-order valence-corrected chi connectivity index (χ2v) is 7.04. The Morgan fingerprint density at radius 1 is 1.27 bits per heavy atom. The van der Waals surface area contributed by atoms with Crippen LogP contribution < -0.4 is 5.32 Å². The van der Waals surface area contributed by atoms with E-state index in [4.69, 9.17) is 27.9 Å². The van der Waals surface area contributed by atoms with Gasteiger partial charge in [-0.05, 0) is 42.8 Å². The van der Waals surface area contributed by atoms with Gasteiger partial charge in [0, 0.05) is 18.1 Å². The van der Waals surface area contributed by atoms with Gasteiger partial charge in [0.25, 0.3) is 0 Å². The van der Waals surface area contributed by atoms with E-state index in [1.165, 1.54) is 12.1 Å². The van der Waals surface area contributed by atoms with Gasteiger partial charge in [0.1, 0.15) is 5.82 Å². The first-order valence-corrected chi connectivity index (χ1v) is 9.06. The number of amides is 1. The van der Waals surface area contributed by atoms with Crippen LogP contribution in [-0.4, -0.2) is 36.5 Å². The first kappa shape index (κ1) is 19.1. The fourth-order valence-electron chi connectivity index (χ4n) is 2.89. The van der Waals surface area contributed by atoms with Gasteiger partial charge in [-0.3, -0.25) is 9.69 Å². The molecule has 1 fully saturated rings. The van der Waals surface area contributed by atoms with Gasteiger partial charge in [-0.15, -0.1) is 0 Å². The highest BCUT2D eigenvalue weighted by Gasteiger charge is 2.29. The molecule has 0 spiro atoms. The van der Waals surface area contributed by atoms with E-state index in [1.807, 2.05) is 11.8 Å². The van der Waals surface area contributed by atoms with Crippen molar-refractivity contribution < 1.29 is 13.9 Å². The molecular formula is C19H19Cl2FN2O2. The van der Waals surface area contributed by atoms with E-state index in [-0.39, 0.29) is 23.9 Å². The number of carbonyl (C=O) groups excluding carboxylic acids is 1. The van der Waals surface area contributed by atoms with Crippen molar-refractivity contribution in [3.05, 3.63) is 63.9 Å². The number of nitrogens with one attached hydrogen (secondary N) is 1. The van der Waals surface area contributed by atoms with E-state index in [2.05, 4.69) is 5.32 Å². The number of rotatable bonds is 4. The third-order valence-electron chi connectivity index (χ3n) is 4.46. The zero-order valence-electron chi connectivity index (χ0n) is 14.2. The molecule has 2 aromatic carbocycles. The van der Waals surface area contributed by atoms with Crippen molar-refractivity contribution in [2.24, 2.45) is 0 Å². The van der Waals surface area contributed by atoms with E-state index in [1.54, 1.807) is 30.3 Å². The molecule has 0 bridgehead atoms. The highest BCUT2D eigenvalue weighted by atomic mass is 35.5. The predicted octanol–water partition coefficient (Wildman–Crippen LogP) is 4.53. The molecule has 1 N–H and O–H groups in total. The van der Waals surface area contributed by atoms with Crippen LogP contribution >= 0.6 is 23.2 Å². The van der Waals surface area contributed by atoms with Gasteiger partial charge in [-0.25, -0.2) is 4.39 Å². The lowest BCUT2D eigenvalue weighted by Gasteiger charge is -2.36. The molecular weight excluding hydrogens is 378 g/mol. The summed E-state index contributed by atoms with van der Waals surface area (Å²) in [7, 11) is 0. The van der Waals surface area contributed by atoms with E-state index in [0.717, 1.165) is 5.56 Å². The largest absolute Gasteiger partial charge is 0.371 e. The third kappa shape index (κ3) is 4.54. The van der Waals surface area contributed by atoms with Crippen LogP contribution in [0.25, 0.3) is 0 Å². The van der Waals surface area contributed by atoms with E-state index < -0.39 is 0 Å². The molecule has 1 amide bonds. The molecule has 0 saturated carbocycles. The summed E-state index contributed by atoms with van der Waals surface area (Å²) in [5.74, 6) is -0.442. The summed E-state index contributed by atoms with van der Waals surface area (Å²) in [4.78, 5) is 14.6. The van der Waals surface area contributed by atoms with Gasteiger partial charge < -0.3 is 10.1 Å². The molecule has 0 aromatic heterocycles. The van der Waals surface area contributed by atoms with Gasteiger partial charge in [0.05, 0.1) is 29.5 Å². The Balaban J connectivity index is 1.65. The lowest BCUT2D eigenvalue weighted by Crippen LogP contribution is -2.48. The minimum absolute atomic E-state index is 0.158. The summed E-state index contributed by atoms with van der Waals surface area (Å²) >= 11 is 12.0. The lowest BCUT2D eigenvalue weighted by molar-refractivity contribution is -0.124. The summed E-state index contributed by atoms with van der Waals surface area (Å²) < 4.78 is 18.9. The zero-order valence-corrected chi connectivity index (χ0v) is 15.7. The van der Waals surface area contributed by atoms with Crippen molar-refractivity contribution in [3.8, 4) is 0 Å².